The number of hydrogen-bond acceptors (Lipinski definition) is 2. The first-order valence-electron chi connectivity index (χ1n) is 9.77. The number of nitrogens with zero attached hydrogens (tertiary/aromatic N) is 1. The standard InChI is InChI=1S/C24H24BrNO/c25-20-10-7-9-19(16-20)24(27)13-12-22-21-11-4-3-8-18(21)17-23(22)26-14-5-1-2-6-15-26/h3-4,7-13,16H,1-2,5-6,14-15,17H2. The van der Waals surface area contributed by atoms with Crippen LogP contribution in [-0.2, 0) is 6.42 Å². The molecule has 0 unspecified atom stereocenters. The van der Waals surface area contributed by atoms with E-state index in [1.54, 1.807) is 6.08 Å². The minimum Gasteiger partial charge on any atom is -0.374 e. The molecule has 0 aromatic heterocycles. The van der Waals surface area contributed by atoms with E-state index in [1.807, 2.05) is 30.3 Å². The van der Waals surface area contributed by atoms with Crippen molar-refractivity contribution in [1.29, 1.82) is 0 Å². The summed E-state index contributed by atoms with van der Waals surface area (Å²) in [6.07, 6.45) is 9.90. The second-order valence-corrected chi connectivity index (χ2v) is 8.22. The monoisotopic (exact) mass is 421 g/mol. The lowest BCUT2D eigenvalue weighted by molar-refractivity contribution is 0.104. The summed E-state index contributed by atoms with van der Waals surface area (Å²) in [5.74, 6) is 0.0448. The van der Waals surface area contributed by atoms with Crippen molar-refractivity contribution in [2.75, 3.05) is 13.1 Å². The van der Waals surface area contributed by atoms with Gasteiger partial charge in [-0.25, -0.2) is 0 Å². The Balaban J connectivity index is 1.66. The van der Waals surface area contributed by atoms with Crippen molar-refractivity contribution < 1.29 is 4.79 Å². The van der Waals surface area contributed by atoms with E-state index in [0.717, 1.165) is 24.0 Å². The summed E-state index contributed by atoms with van der Waals surface area (Å²) >= 11 is 3.45. The van der Waals surface area contributed by atoms with E-state index >= 15 is 0 Å². The van der Waals surface area contributed by atoms with Crippen LogP contribution < -0.4 is 0 Å². The third kappa shape index (κ3) is 4.08. The molecule has 0 N–H and O–H groups in total. The largest absolute Gasteiger partial charge is 0.374 e. The molecule has 0 amide bonds. The summed E-state index contributed by atoms with van der Waals surface area (Å²) in [6.45, 7) is 2.25. The molecular weight excluding hydrogens is 398 g/mol. The SMILES string of the molecule is O=C(C=CC1=C(N2CCCCCC2)Cc2ccccc21)c1cccc(Br)c1. The summed E-state index contributed by atoms with van der Waals surface area (Å²) in [5.41, 5.74) is 5.96. The van der Waals surface area contributed by atoms with Crippen LogP contribution in [0.15, 0.2) is 70.9 Å². The molecule has 1 aliphatic carbocycles. The number of hydrogen-bond donors (Lipinski definition) is 0. The van der Waals surface area contributed by atoms with Crippen molar-refractivity contribution >= 4 is 27.3 Å². The molecule has 138 valence electrons. The van der Waals surface area contributed by atoms with E-state index in [2.05, 4.69) is 45.1 Å². The Labute approximate surface area is 169 Å². The lowest BCUT2D eigenvalue weighted by Crippen LogP contribution is -2.24. The van der Waals surface area contributed by atoms with E-state index < -0.39 is 0 Å². The molecule has 1 fully saturated rings. The molecule has 3 heteroatoms. The summed E-state index contributed by atoms with van der Waals surface area (Å²) < 4.78 is 0.928. The maximum Gasteiger partial charge on any atom is 0.185 e. The molecule has 27 heavy (non-hydrogen) atoms. The Bertz CT molecular complexity index is 904. The molecule has 0 atom stereocenters. The average molecular weight is 422 g/mol. The van der Waals surface area contributed by atoms with Gasteiger partial charge in [-0.05, 0) is 48.3 Å². The topological polar surface area (TPSA) is 20.3 Å². The average Bonchev–Trinajstić information content (AvgIpc) is 2.85. The molecule has 4 rings (SSSR count). The minimum atomic E-state index is 0.0448. The molecular formula is C24H24BrNO. The van der Waals surface area contributed by atoms with Crippen LogP contribution in [0.4, 0.5) is 0 Å². The molecule has 2 aromatic rings. The lowest BCUT2D eigenvalue weighted by Gasteiger charge is -2.25. The van der Waals surface area contributed by atoms with Crippen LogP contribution in [-0.4, -0.2) is 23.8 Å². The first-order chi connectivity index (χ1) is 13.2. The molecule has 0 bridgehead atoms. The van der Waals surface area contributed by atoms with Crippen LogP contribution in [0, 0.1) is 0 Å². The van der Waals surface area contributed by atoms with Crippen molar-refractivity contribution in [3.05, 3.63) is 87.5 Å². The molecule has 2 aliphatic rings. The van der Waals surface area contributed by atoms with E-state index in [1.165, 1.54) is 48.1 Å². The third-order valence-electron chi connectivity index (χ3n) is 5.47. The van der Waals surface area contributed by atoms with Crippen LogP contribution in [0.5, 0.6) is 0 Å². The highest BCUT2D eigenvalue weighted by Gasteiger charge is 2.24. The number of carbonyl (C=O) groups excluding carboxylic acids is 1. The fourth-order valence-electron chi connectivity index (χ4n) is 4.07. The van der Waals surface area contributed by atoms with Gasteiger partial charge in [-0.1, -0.05) is 65.2 Å². The van der Waals surface area contributed by atoms with Gasteiger partial charge >= 0.3 is 0 Å². The van der Waals surface area contributed by atoms with Gasteiger partial charge in [0.05, 0.1) is 0 Å². The molecule has 0 radical (unpaired) electrons. The van der Waals surface area contributed by atoms with Crippen LogP contribution in [0.3, 0.4) is 0 Å². The first kappa shape index (κ1) is 18.2. The van der Waals surface area contributed by atoms with Crippen molar-refractivity contribution in [3.8, 4) is 0 Å². The van der Waals surface area contributed by atoms with Crippen LogP contribution in [0.25, 0.3) is 5.57 Å². The second-order valence-electron chi connectivity index (χ2n) is 7.30. The number of fused-ring (bicyclic) bond motifs is 1. The highest BCUT2D eigenvalue weighted by atomic mass is 79.9. The van der Waals surface area contributed by atoms with Crippen molar-refractivity contribution in [3.63, 3.8) is 0 Å². The maximum atomic E-state index is 12.7. The molecule has 2 nitrogen and oxygen atoms in total. The Morgan fingerprint density at radius 1 is 0.963 bits per heavy atom. The first-order valence-corrected chi connectivity index (χ1v) is 10.6. The number of ketones is 1. The molecule has 0 saturated carbocycles. The van der Waals surface area contributed by atoms with Crippen LogP contribution in [0.2, 0.25) is 0 Å². The van der Waals surface area contributed by atoms with Gasteiger partial charge in [0.25, 0.3) is 0 Å². The number of carbonyl (C=O) groups is 1. The summed E-state index contributed by atoms with van der Waals surface area (Å²) in [4.78, 5) is 15.2. The smallest absolute Gasteiger partial charge is 0.185 e. The Morgan fingerprint density at radius 3 is 2.52 bits per heavy atom. The highest BCUT2D eigenvalue weighted by molar-refractivity contribution is 9.10. The second kappa shape index (κ2) is 8.26. The van der Waals surface area contributed by atoms with Crippen LogP contribution >= 0.6 is 15.9 Å². The van der Waals surface area contributed by atoms with E-state index in [9.17, 15) is 4.79 Å². The zero-order valence-corrected chi connectivity index (χ0v) is 17.0. The minimum absolute atomic E-state index is 0.0448. The fraction of sp³-hybridized carbons (Fsp3) is 0.292. The van der Waals surface area contributed by atoms with Crippen molar-refractivity contribution in [1.82, 2.24) is 4.90 Å². The van der Waals surface area contributed by atoms with E-state index in [-0.39, 0.29) is 5.78 Å². The number of halogens is 1. The molecule has 1 heterocycles. The van der Waals surface area contributed by atoms with Gasteiger partial charge in [0, 0.05) is 40.8 Å². The van der Waals surface area contributed by atoms with Crippen molar-refractivity contribution in [2.45, 2.75) is 32.1 Å². The predicted octanol–water partition coefficient (Wildman–Crippen LogP) is 6.03. The normalized spacial score (nSPS) is 17.3. The molecule has 0 spiro atoms. The van der Waals surface area contributed by atoms with Gasteiger partial charge in [0.1, 0.15) is 0 Å². The zero-order valence-electron chi connectivity index (χ0n) is 15.5. The van der Waals surface area contributed by atoms with Gasteiger partial charge in [-0.15, -0.1) is 0 Å². The van der Waals surface area contributed by atoms with Gasteiger partial charge < -0.3 is 4.90 Å². The summed E-state index contributed by atoms with van der Waals surface area (Å²) in [6, 6.07) is 16.2. The molecule has 1 saturated heterocycles. The van der Waals surface area contributed by atoms with E-state index in [0.29, 0.717) is 5.56 Å². The molecule has 1 aliphatic heterocycles. The lowest BCUT2D eigenvalue weighted by atomic mass is 10.0. The van der Waals surface area contributed by atoms with Gasteiger partial charge in [0.15, 0.2) is 5.78 Å². The Kier molecular flexibility index (Phi) is 5.58. The number of likely N-dealkylation sites (tertiary alicyclic amines) is 1. The zero-order chi connectivity index (χ0) is 18.6. The quantitative estimate of drug-likeness (QED) is 0.443. The Hall–Kier alpha value is -2.13. The van der Waals surface area contributed by atoms with Gasteiger partial charge in [-0.2, -0.15) is 0 Å². The highest BCUT2D eigenvalue weighted by Crippen LogP contribution is 2.36. The summed E-state index contributed by atoms with van der Waals surface area (Å²) in [7, 11) is 0. The number of benzene rings is 2. The molecule has 2 aromatic carbocycles. The van der Waals surface area contributed by atoms with Crippen molar-refractivity contribution in [2.24, 2.45) is 0 Å². The van der Waals surface area contributed by atoms with Gasteiger partial charge in [0.2, 0.25) is 0 Å². The predicted molar refractivity (Wildman–Crippen MR) is 115 cm³/mol. The number of rotatable bonds is 4. The number of allylic oxidation sites excluding steroid dienone is 4. The van der Waals surface area contributed by atoms with Crippen LogP contribution in [0.1, 0.15) is 47.2 Å². The summed E-state index contributed by atoms with van der Waals surface area (Å²) in [5, 5.41) is 0. The van der Waals surface area contributed by atoms with Gasteiger partial charge in [-0.3, -0.25) is 4.79 Å². The fourth-order valence-corrected chi connectivity index (χ4v) is 4.47. The maximum absolute atomic E-state index is 12.7. The van der Waals surface area contributed by atoms with E-state index in [4.69, 9.17) is 0 Å². The third-order valence-corrected chi connectivity index (χ3v) is 5.97. The Morgan fingerprint density at radius 2 is 1.74 bits per heavy atom.